The van der Waals surface area contributed by atoms with Crippen LogP contribution in [-0.2, 0) is 27.7 Å². The fourth-order valence-electron chi connectivity index (χ4n) is 2.53. The van der Waals surface area contributed by atoms with E-state index in [-0.39, 0.29) is 22.4 Å². The number of thiazole rings is 1. The van der Waals surface area contributed by atoms with Crippen molar-refractivity contribution in [3.05, 3.63) is 71.2 Å². The zero-order valence-corrected chi connectivity index (χ0v) is 17.0. The first-order chi connectivity index (χ1) is 13.5. The van der Waals surface area contributed by atoms with E-state index in [1.807, 2.05) is 24.3 Å². The molecule has 28 heavy (non-hydrogen) atoms. The number of aromatic nitrogens is 1. The maximum atomic E-state index is 12.3. The van der Waals surface area contributed by atoms with E-state index in [9.17, 15) is 13.2 Å². The Hall–Kier alpha value is -2.71. The average molecular weight is 416 g/mol. The normalized spacial score (nSPS) is 11.2. The van der Waals surface area contributed by atoms with Crippen molar-refractivity contribution in [2.75, 3.05) is 10.0 Å². The molecule has 1 aromatic heterocycles. The van der Waals surface area contributed by atoms with Crippen LogP contribution in [0.1, 0.15) is 24.6 Å². The minimum absolute atomic E-state index is 0.108. The lowest BCUT2D eigenvalue weighted by atomic mass is 10.1. The second-order valence-electron chi connectivity index (χ2n) is 6.16. The third-order valence-electron chi connectivity index (χ3n) is 4.08. The van der Waals surface area contributed by atoms with E-state index in [1.54, 1.807) is 23.6 Å². The summed E-state index contributed by atoms with van der Waals surface area (Å²) in [5, 5.41) is 4.90. The Kier molecular flexibility index (Phi) is 6.43. The highest BCUT2D eigenvalue weighted by Crippen LogP contribution is 2.21. The largest absolute Gasteiger partial charge is 0.326 e. The number of nitrogens with zero attached hydrogens (tertiary/aromatic N) is 1. The van der Waals surface area contributed by atoms with Crippen molar-refractivity contribution in [2.45, 2.75) is 31.1 Å². The van der Waals surface area contributed by atoms with E-state index in [2.05, 4.69) is 21.9 Å². The highest BCUT2D eigenvalue weighted by Gasteiger charge is 2.16. The van der Waals surface area contributed by atoms with Gasteiger partial charge < -0.3 is 5.32 Å². The Morgan fingerprint density at radius 1 is 1.07 bits per heavy atom. The predicted octanol–water partition coefficient (Wildman–Crippen LogP) is 4.08. The van der Waals surface area contributed by atoms with Gasteiger partial charge in [0.15, 0.2) is 5.13 Å². The molecule has 2 N–H and O–H groups in total. The molecule has 8 heteroatoms. The van der Waals surface area contributed by atoms with Crippen LogP contribution in [0.4, 0.5) is 10.8 Å². The minimum atomic E-state index is -3.66. The molecule has 6 nitrogen and oxygen atoms in total. The molecule has 0 aliphatic rings. The molecule has 146 valence electrons. The number of amides is 1. The summed E-state index contributed by atoms with van der Waals surface area (Å²) < 4.78 is 27.1. The Morgan fingerprint density at radius 2 is 1.79 bits per heavy atom. The Morgan fingerprint density at radius 3 is 2.46 bits per heavy atom. The zero-order valence-electron chi connectivity index (χ0n) is 15.4. The third kappa shape index (κ3) is 5.40. The van der Waals surface area contributed by atoms with E-state index in [0.717, 1.165) is 12.1 Å². The first-order valence-corrected chi connectivity index (χ1v) is 11.2. The van der Waals surface area contributed by atoms with Crippen LogP contribution in [0.3, 0.4) is 0 Å². The van der Waals surface area contributed by atoms with Crippen molar-refractivity contribution < 1.29 is 13.2 Å². The minimum Gasteiger partial charge on any atom is -0.326 e. The molecular formula is C20H21N3O3S2. The van der Waals surface area contributed by atoms with Gasteiger partial charge >= 0.3 is 0 Å². The Balaban J connectivity index is 1.53. The van der Waals surface area contributed by atoms with Crippen LogP contribution in [0.5, 0.6) is 0 Å². The van der Waals surface area contributed by atoms with Gasteiger partial charge in [0, 0.05) is 17.5 Å². The Labute approximate surface area is 168 Å². The van der Waals surface area contributed by atoms with Crippen molar-refractivity contribution in [2.24, 2.45) is 0 Å². The quantitative estimate of drug-likeness (QED) is 0.580. The number of aryl methyl sites for hydroxylation is 2. The first-order valence-electron chi connectivity index (χ1n) is 8.87. The molecule has 0 spiro atoms. The number of benzene rings is 2. The van der Waals surface area contributed by atoms with Crippen molar-refractivity contribution in [1.82, 2.24) is 4.98 Å². The van der Waals surface area contributed by atoms with Gasteiger partial charge in [-0.2, -0.15) is 0 Å². The summed E-state index contributed by atoms with van der Waals surface area (Å²) in [5.74, 6) is -0.108. The van der Waals surface area contributed by atoms with Crippen LogP contribution in [0.15, 0.2) is 64.9 Å². The van der Waals surface area contributed by atoms with E-state index in [0.29, 0.717) is 12.1 Å². The number of sulfonamides is 1. The summed E-state index contributed by atoms with van der Waals surface area (Å²) in [6.45, 7) is 2.08. The smallest absolute Gasteiger partial charge is 0.263 e. The fourth-order valence-corrected chi connectivity index (χ4v) is 4.55. The summed E-state index contributed by atoms with van der Waals surface area (Å²) in [6, 6.07) is 15.9. The maximum absolute atomic E-state index is 12.3. The summed E-state index contributed by atoms with van der Waals surface area (Å²) in [4.78, 5) is 16.6. The molecule has 0 atom stereocenters. The van der Waals surface area contributed by atoms with Crippen molar-refractivity contribution in [3.63, 3.8) is 0 Å². The molecule has 0 saturated carbocycles. The van der Waals surface area contributed by atoms with Gasteiger partial charge in [-0.25, -0.2) is 13.4 Å². The molecule has 0 aliphatic carbocycles. The molecule has 3 rings (SSSR count). The molecule has 0 saturated heterocycles. The number of hydrogen-bond acceptors (Lipinski definition) is 5. The first kappa shape index (κ1) is 20.0. The van der Waals surface area contributed by atoms with Crippen molar-refractivity contribution >= 4 is 38.1 Å². The lowest BCUT2D eigenvalue weighted by Gasteiger charge is -2.05. The summed E-state index contributed by atoms with van der Waals surface area (Å²) in [6.07, 6.45) is 1.65. The molecular weight excluding hydrogens is 394 g/mol. The molecule has 1 heterocycles. The van der Waals surface area contributed by atoms with Gasteiger partial charge in [-0.1, -0.05) is 37.3 Å². The second kappa shape index (κ2) is 8.99. The van der Waals surface area contributed by atoms with Gasteiger partial charge in [0.05, 0.1) is 10.6 Å². The molecule has 2 aromatic carbocycles. The standard InChI is InChI=1S/C20H21N3O3S2/c1-2-15-8-10-16(11-9-15)21-19(24)13-12-17-14-27-20(22-17)23-28(25,26)18-6-4-3-5-7-18/h3-11,14H,2,12-13H2,1H3,(H,21,24)(H,22,23). The van der Waals surface area contributed by atoms with Gasteiger partial charge in [-0.15, -0.1) is 11.3 Å². The van der Waals surface area contributed by atoms with E-state index < -0.39 is 10.0 Å². The zero-order chi connectivity index (χ0) is 20.0. The van der Waals surface area contributed by atoms with Crippen molar-refractivity contribution in [3.8, 4) is 0 Å². The van der Waals surface area contributed by atoms with Crippen molar-refractivity contribution in [1.29, 1.82) is 0 Å². The van der Waals surface area contributed by atoms with E-state index >= 15 is 0 Å². The monoisotopic (exact) mass is 415 g/mol. The second-order valence-corrected chi connectivity index (χ2v) is 8.70. The number of carbonyl (C=O) groups is 1. The van der Waals surface area contributed by atoms with E-state index in [4.69, 9.17) is 0 Å². The SMILES string of the molecule is CCc1ccc(NC(=O)CCc2csc(NS(=O)(=O)c3ccccc3)n2)cc1. The molecule has 0 bridgehead atoms. The van der Waals surface area contributed by atoms with Gasteiger partial charge in [0.2, 0.25) is 5.91 Å². The number of nitrogens with one attached hydrogen (secondary N) is 2. The number of anilines is 2. The van der Waals surface area contributed by atoms with Gasteiger partial charge in [-0.3, -0.25) is 9.52 Å². The van der Waals surface area contributed by atoms with Crippen LogP contribution in [-0.4, -0.2) is 19.3 Å². The maximum Gasteiger partial charge on any atom is 0.263 e. The Bertz CT molecular complexity index is 1030. The third-order valence-corrected chi connectivity index (χ3v) is 6.37. The molecule has 0 aliphatic heterocycles. The molecule has 1 amide bonds. The topological polar surface area (TPSA) is 88.2 Å². The highest BCUT2D eigenvalue weighted by molar-refractivity contribution is 7.93. The summed E-state index contributed by atoms with van der Waals surface area (Å²) in [7, 11) is -3.66. The molecule has 0 fully saturated rings. The van der Waals surface area contributed by atoms with Crippen LogP contribution < -0.4 is 10.0 Å². The number of carbonyl (C=O) groups excluding carboxylic acids is 1. The van der Waals surface area contributed by atoms with Crippen LogP contribution >= 0.6 is 11.3 Å². The summed E-state index contributed by atoms with van der Waals surface area (Å²) >= 11 is 1.20. The highest BCUT2D eigenvalue weighted by atomic mass is 32.2. The van der Waals surface area contributed by atoms with Gasteiger partial charge in [0.1, 0.15) is 0 Å². The predicted molar refractivity (Wildman–Crippen MR) is 112 cm³/mol. The molecule has 0 unspecified atom stereocenters. The lowest BCUT2D eigenvalue weighted by molar-refractivity contribution is -0.116. The van der Waals surface area contributed by atoms with Gasteiger partial charge in [-0.05, 0) is 42.7 Å². The average Bonchev–Trinajstić information content (AvgIpc) is 3.14. The van der Waals surface area contributed by atoms with E-state index in [1.165, 1.54) is 29.0 Å². The lowest BCUT2D eigenvalue weighted by Crippen LogP contribution is -2.13. The van der Waals surface area contributed by atoms with Crippen LogP contribution in [0.25, 0.3) is 0 Å². The van der Waals surface area contributed by atoms with Crippen LogP contribution in [0.2, 0.25) is 0 Å². The number of hydrogen-bond donors (Lipinski definition) is 2. The molecule has 0 radical (unpaired) electrons. The molecule has 3 aromatic rings. The number of rotatable bonds is 8. The van der Waals surface area contributed by atoms with Crippen LogP contribution in [0, 0.1) is 0 Å². The van der Waals surface area contributed by atoms with Gasteiger partial charge in [0.25, 0.3) is 10.0 Å². The summed E-state index contributed by atoms with van der Waals surface area (Å²) in [5.41, 5.74) is 2.65. The fraction of sp³-hybridized carbons (Fsp3) is 0.200.